The number of carbonyl (C=O) groups is 2. The highest BCUT2D eigenvalue weighted by atomic mass is 16.5. The highest BCUT2D eigenvalue weighted by molar-refractivity contribution is 6.02. The molecule has 0 atom stereocenters. The van der Waals surface area contributed by atoms with Crippen LogP contribution in [0.5, 0.6) is 5.75 Å². The van der Waals surface area contributed by atoms with Crippen molar-refractivity contribution in [3.05, 3.63) is 66.5 Å². The summed E-state index contributed by atoms with van der Waals surface area (Å²) in [6.07, 6.45) is 5.79. The zero-order valence-electron chi connectivity index (χ0n) is 19.6. The first kappa shape index (κ1) is 24.0. The molecule has 3 heterocycles. The molecule has 0 aliphatic carbocycles. The smallest absolute Gasteiger partial charge is 0.255 e. The van der Waals surface area contributed by atoms with E-state index in [1.807, 2.05) is 66.5 Å². The van der Waals surface area contributed by atoms with Crippen molar-refractivity contribution in [3.63, 3.8) is 0 Å². The summed E-state index contributed by atoms with van der Waals surface area (Å²) in [5, 5.41) is 13.3. The monoisotopic (exact) mass is 472 g/mol. The fourth-order valence-corrected chi connectivity index (χ4v) is 4.48. The maximum atomic E-state index is 13.2. The van der Waals surface area contributed by atoms with Crippen LogP contribution in [0.25, 0.3) is 33.3 Å². The van der Waals surface area contributed by atoms with Crippen LogP contribution in [0.3, 0.4) is 0 Å². The molecule has 1 fully saturated rings. The first-order chi connectivity index (χ1) is 17.2. The summed E-state index contributed by atoms with van der Waals surface area (Å²) in [6.45, 7) is 3.29. The summed E-state index contributed by atoms with van der Waals surface area (Å²) in [6, 6.07) is 15.6. The molecule has 5 rings (SSSR count). The van der Waals surface area contributed by atoms with Gasteiger partial charge in [0.1, 0.15) is 24.9 Å². The van der Waals surface area contributed by atoms with E-state index in [9.17, 15) is 9.90 Å². The third kappa shape index (κ3) is 4.74. The molecule has 3 N–H and O–H groups in total. The molecule has 0 spiro atoms. The van der Waals surface area contributed by atoms with Gasteiger partial charge in [-0.1, -0.05) is 24.3 Å². The minimum atomic E-state index is -0.237. The molecular weight excluding hydrogens is 444 g/mol. The van der Waals surface area contributed by atoms with Crippen molar-refractivity contribution >= 4 is 29.4 Å². The molecule has 0 unspecified atom stereocenters. The van der Waals surface area contributed by atoms with Crippen molar-refractivity contribution in [2.75, 3.05) is 32.2 Å². The van der Waals surface area contributed by atoms with Gasteiger partial charge in [0, 0.05) is 53.2 Å². The molecule has 35 heavy (non-hydrogen) atoms. The zero-order chi connectivity index (χ0) is 24.8. The van der Waals surface area contributed by atoms with Crippen LogP contribution in [0, 0.1) is 0 Å². The van der Waals surface area contributed by atoms with Gasteiger partial charge in [-0.25, -0.2) is 4.98 Å². The van der Waals surface area contributed by atoms with E-state index in [-0.39, 0.29) is 12.6 Å². The van der Waals surface area contributed by atoms with Crippen LogP contribution in [0.4, 0.5) is 5.69 Å². The molecule has 180 valence electrons. The van der Waals surface area contributed by atoms with E-state index in [1.54, 1.807) is 7.11 Å². The van der Waals surface area contributed by atoms with Crippen LogP contribution in [-0.4, -0.2) is 59.6 Å². The lowest BCUT2D eigenvalue weighted by atomic mass is 9.99. The number of aliphatic hydroxyl groups is 1. The van der Waals surface area contributed by atoms with Gasteiger partial charge in [0.2, 0.25) is 0 Å². The van der Waals surface area contributed by atoms with Gasteiger partial charge in [-0.15, -0.1) is 0 Å². The summed E-state index contributed by atoms with van der Waals surface area (Å²) >= 11 is 0. The lowest BCUT2D eigenvalue weighted by molar-refractivity contribution is -0.0980. The summed E-state index contributed by atoms with van der Waals surface area (Å²) in [5.41, 5.74) is 5.76. The molecule has 2 aromatic carbocycles. The highest BCUT2D eigenvalue weighted by Crippen LogP contribution is 2.36. The molecule has 8 nitrogen and oxygen atoms in total. The van der Waals surface area contributed by atoms with E-state index in [1.165, 1.54) is 0 Å². The summed E-state index contributed by atoms with van der Waals surface area (Å²) in [4.78, 5) is 30.9. The number of aromatic nitrogens is 2. The molecule has 1 saturated heterocycles. The number of aliphatic hydroxyl groups excluding tert-OH is 1. The van der Waals surface area contributed by atoms with E-state index in [0.29, 0.717) is 11.3 Å². The number of para-hydroxylation sites is 1. The Hall–Kier alpha value is -4.17. The third-order valence-electron chi connectivity index (χ3n) is 6.17. The minimum absolute atomic E-state index is 0.0179. The Morgan fingerprint density at radius 2 is 1.89 bits per heavy atom. The number of aromatic amines is 1. The Kier molecular flexibility index (Phi) is 7.42. The molecule has 1 aliphatic rings. The molecule has 1 aliphatic heterocycles. The second kappa shape index (κ2) is 10.8. The zero-order valence-corrected chi connectivity index (χ0v) is 19.6. The number of anilines is 1. The number of H-pyrrole nitrogens is 1. The number of hydrogen-bond donors (Lipinski definition) is 3. The molecule has 4 aromatic rings. The van der Waals surface area contributed by atoms with Crippen molar-refractivity contribution in [3.8, 4) is 28.0 Å². The van der Waals surface area contributed by atoms with Gasteiger partial charge in [0.25, 0.3) is 5.91 Å². The van der Waals surface area contributed by atoms with Crippen LogP contribution in [-0.2, 0) is 4.79 Å². The first-order valence-electron chi connectivity index (χ1n) is 11.4. The maximum absolute atomic E-state index is 13.2. The molecule has 1 amide bonds. The number of rotatable bonds is 6. The first-order valence-corrected chi connectivity index (χ1v) is 11.4. The van der Waals surface area contributed by atoms with Gasteiger partial charge in [-0.3, -0.25) is 4.79 Å². The number of hydrogen-bond acceptors (Lipinski definition) is 6. The Morgan fingerprint density at radius 1 is 1.11 bits per heavy atom. The number of nitrogens with one attached hydrogen (secondary N) is 2. The lowest BCUT2D eigenvalue weighted by Crippen LogP contribution is -2.28. The average molecular weight is 473 g/mol. The molecule has 0 bridgehead atoms. The Balaban J connectivity index is 0.00000141. The number of benzene rings is 2. The quantitative estimate of drug-likeness (QED) is 0.361. The number of fused-ring (bicyclic) bond motifs is 1. The number of carbonyl (C=O) groups excluding carboxylic acids is 2. The van der Waals surface area contributed by atoms with Gasteiger partial charge in [-0.05, 0) is 42.7 Å². The molecule has 0 radical (unpaired) electrons. The van der Waals surface area contributed by atoms with E-state index in [0.717, 1.165) is 65.0 Å². The second-order valence-electron chi connectivity index (χ2n) is 8.12. The Morgan fingerprint density at radius 3 is 2.63 bits per heavy atom. The Bertz CT molecular complexity index is 1330. The number of methoxy groups -OCH3 is 1. The summed E-state index contributed by atoms with van der Waals surface area (Å²) < 4.78 is 5.56. The summed E-state index contributed by atoms with van der Waals surface area (Å²) in [7, 11) is 1.66. The highest BCUT2D eigenvalue weighted by Gasteiger charge is 2.22. The SMILES string of the molecule is C=O.COc1ccccc1-c1c[nH]c2ncc(-c3ccc(NCO)c(C(=O)N4CCCC4)c3)cc12. The van der Waals surface area contributed by atoms with Crippen molar-refractivity contribution < 1.29 is 19.4 Å². The van der Waals surface area contributed by atoms with Crippen LogP contribution in [0.2, 0.25) is 0 Å². The standard InChI is InChI=1S/C26H26N4O3.CH2O/c1-33-24-7-3-2-6-19(24)22-15-28-25-20(22)13-18(14-27-25)17-8-9-23(29-16-31)21(12-17)26(32)30-10-4-5-11-30;1-2/h2-3,6-9,12-15,29,31H,4-5,10-11,16H2,1H3,(H,27,28);1H2. The second-order valence-corrected chi connectivity index (χ2v) is 8.12. The van der Waals surface area contributed by atoms with Crippen LogP contribution < -0.4 is 10.1 Å². The topological polar surface area (TPSA) is 108 Å². The minimum Gasteiger partial charge on any atom is -0.496 e. The molecule has 8 heteroatoms. The average Bonchev–Trinajstić information content (AvgIpc) is 3.60. The lowest BCUT2D eigenvalue weighted by Gasteiger charge is -2.19. The van der Waals surface area contributed by atoms with Crippen molar-refractivity contribution in [2.45, 2.75) is 12.8 Å². The van der Waals surface area contributed by atoms with Gasteiger partial charge in [0.15, 0.2) is 0 Å². The van der Waals surface area contributed by atoms with E-state index in [4.69, 9.17) is 9.53 Å². The van der Waals surface area contributed by atoms with Gasteiger partial charge < -0.3 is 29.8 Å². The van der Waals surface area contributed by atoms with E-state index < -0.39 is 0 Å². The normalized spacial score (nSPS) is 12.8. The van der Waals surface area contributed by atoms with Crippen molar-refractivity contribution in [1.82, 2.24) is 14.9 Å². The summed E-state index contributed by atoms with van der Waals surface area (Å²) in [5.74, 6) is 0.775. The van der Waals surface area contributed by atoms with Gasteiger partial charge in [-0.2, -0.15) is 0 Å². The fourth-order valence-electron chi connectivity index (χ4n) is 4.48. The number of pyridine rings is 1. The largest absolute Gasteiger partial charge is 0.496 e. The van der Waals surface area contributed by atoms with Crippen LogP contribution in [0.15, 0.2) is 60.9 Å². The fraction of sp³-hybridized carbons (Fsp3) is 0.222. The predicted molar refractivity (Wildman–Crippen MR) is 136 cm³/mol. The molecule has 2 aromatic heterocycles. The maximum Gasteiger partial charge on any atom is 0.255 e. The van der Waals surface area contributed by atoms with Crippen molar-refractivity contribution in [1.29, 1.82) is 0 Å². The van der Waals surface area contributed by atoms with E-state index >= 15 is 0 Å². The molecule has 0 saturated carbocycles. The van der Waals surface area contributed by atoms with E-state index in [2.05, 4.69) is 21.4 Å². The van der Waals surface area contributed by atoms with Gasteiger partial charge >= 0.3 is 0 Å². The van der Waals surface area contributed by atoms with Crippen LogP contribution in [0.1, 0.15) is 23.2 Å². The van der Waals surface area contributed by atoms with Gasteiger partial charge in [0.05, 0.1) is 12.7 Å². The number of likely N-dealkylation sites (tertiary alicyclic amines) is 1. The molecular formula is C27H28N4O4. The number of amides is 1. The number of nitrogens with zero attached hydrogens (tertiary/aromatic N) is 2. The predicted octanol–water partition coefficient (Wildman–Crippen LogP) is 4.32. The Labute approximate surface area is 203 Å². The third-order valence-corrected chi connectivity index (χ3v) is 6.17. The van der Waals surface area contributed by atoms with Crippen LogP contribution >= 0.6 is 0 Å². The van der Waals surface area contributed by atoms with Crippen molar-refractivity contribution in [2.24, 2.45) is 0 Å². The number of ether oxygens (including phenoxy) is 1.